The molecule has 2 heterocycles. The van der Waals surface area contributed by atoms with E-state index in [1.165, 1.54) is 0 Å². The summed E-state index contributed by atoms with van der Waals surface area (Å²) >= 11 is 0. The zero-order chi connectivity index (χ0) is 12.1. The molecule has 5 nitrogen and oxygen atoms in total. The van der Waals surface area contributed by atoms with E-state index in [-0.39, 0.29) is 11.8 Å². The van der Waals surface area contributed by atoms with Crippen LogP contribution >= 0.6 is 0 Å². The average Bonchev–Trinajstić information content (AvgIpc) is 2.56. The van der Waals surface area contributed by atoms with Crippen LogP contribution in [0.5, 0.6) is 0 Å². The molecule has 0 bridgehead atoms. The summed E-state index contributed by atoms with van der Waals surface area (Å²) in [5.74, 6) is -0.403. The van der Waals surface area contributed by atoms with Crippen molar-refractivity contribution in [1.82, 2.24) is 15.6 Å². The zero-order valence-electron chi connectivity index (χ0n) is 9.48. The van der Waals surface area contributed by atoms with E-state index in [0.29, 0.717) is 18.7 Å². The number of rotatable bonds is 2. The van der Waals surface area contributed by atoms with Crippen LogP contribution in [0.3, 0.4) is 0 Å². The van der Waals surface area contributed by atoms with Crippen molar-refractivity contribution < 1.29 is 9.59 Å². The van der Waals surface area contributed by atoms with E-state index in [0.717, 1.165) is 12.8 Å². The van der Waals surface area contributed by atoms with Gasteiger partial charge in [0.2, 0.25) is 5.91 Å². The van der Waals surface area contributed by atoms with Gasteiger partial charge in [0, 0.05) is 12.7 Å². The first-order valence-corrected chi connectivity index (χ1v) is 5.77. The highest BCUT2D eigenvalue weighted by Gasteiger charge is 2.22. The topological polar surface area (TPSA) is 71.1 Å². The number of pyridine rings is 1. The molecule has 0 radical (unpaired) electrons. The second kappa shape index (κ2) is 5.43. The normalized spacial score (nSPS) is 20.2. The fourth-order valence-corrected chi connectivity index (χ4v) is 1.81. The van der Waals surface area contributed by atoms with Gasteiger partial charge < -0.3 is 10.6 Å². The Labute approximate surface area is 99.6 Å². The third kappa shape index (κ3) is 3.03. The number of nitrogens with one attached hydrogen (secondary N) is 2. The van der Waals surface area contributed by atoms with Crippen LogP contribution in [0, 0.1) is 0 Å². The lowest BCUT2D eigenvalue weighted by atomic mass is 10.1. The van der Waals surface area contributed by atoms with Crippen LogP contribution in [0.2, 0.25) is 0 Å². The zero-order valence-corrected chi connectivity index (χ0v) is 9.48. The van der Waals surface area contributed by atoms with Crippen molar-refractivity contribution in [3.05, 3.63) is 30.1 Å². The van der Waals surface area contributed by atoms with Gasteiger partial charge in [-0.1, -0.05) is 6.07 Å². The van der Waals surface area contributed by atoms with Gasteiger partial charge in [0.25, 0.3) is 5.91 Å². The van der Waals surface area contributed by atoms with Crippen LogP contribution in [0.15, 0.2) is 24.4 Å². The van der Waals surface area contributed by atoms with Crippen LogP contribution in [0.1, 0.15) is 29.8 Å². The van der Waals surface area contributed by atoms with E-state index < -0.39 is 6.04 Å². The number of aromatic nitrogens is 1. The maximum Gasteiger partial charge on any atom is 0.270 e. The minimum atomic E-state index is -0.438. The molecule has 0 saturated carbocycles. The summed E-state index contributed by atoms with van der Waals surface area (Å²) in [4.78, 5) is 27.4. The van der Waals surface area contributed by atoms with Crippen molar-refractivity contribution in [2.24, 2.45) is 0 Å². The van der Waals surface area contributed by atoms with Crippen molar-refractivity contribution in [3.8, 4) is 0 Å². The Kier molecular flexibility index (Phi) is 3.69. The van der Waals surface area contributed by atoms with Crippen LogP contribution < -0.4 is 10.6 Å². The first kappa shape index (κ1) is 11.6. The Bertz CT molecular complexity index is 405. The Morgan fingerprint density at radius 1 is 1.41 bits per heavy atom. The van der Waals surface area contributed by atoms with Gasteiger partial charge in [0.1, 0.15) is 11.7 Å². The number of amides is 2. The lowest BCUT2D eigenvalue weighted by Gasteiger charge is -2.14. The van der Waals surface area contributed by atoms with Gasteiger partial charge >= 0.3 is 0 Å². The number of carbonyl (C=O) groups excluding carboxylic acids is 2. The molecule has 0 spiro atoms. The quantitative estimate of drug-likeness (QED) is 0.780. The predicted octanol–water partition coefficient (Wildman–Crippen LogP) is 0.480. The fourth-order valence-electron chi connectivity index (χ4n) is 1.81. The number of hydrogen-bond acceptors (Lipinski definition) is 3. The van der Waals surface area contributed by atoms with E-state index in [4.69, 9.17) is 0 Å². The molecule has 1 fully saturated rings. The summed E-state index contributed by atoms with van der Waals surface area (Å²) in [5.41, 5.74) is 0.338. The first-order chi connectivity index (χ1) is 8.27. The van der Waals surface area contributed by atoms with Crippen LogP contribution in [0.4, 0.5) is 0 Å². The van der Waals surface area contributed by atoms with Gasteiger partial charge in [-0.3, -0.25) is 14.6 Å². The summed E-state index contributed by atoms with van der Waals surface area (Å²) in [6, 6.07) is 4.68. The van der Waals surface area contributed by atoms with Gasteiger partial charge in [-0.25, -0.2) is 0 Å². The average molecular weight is 233 g/mol. The maximum atomic E-state index is 11.8. The standard InChI is InChI=1S/C12H15N3O2/c16-11-10(6-2-4-8-14-11)15-12(17)9-5-1-3-7-13-9/h1,3,5,7,10H,2,4,6,8H2,(H,14,16)(H,15,17). The highest BCUT2D eigenvalue weighted by atomic mass is 16.2. The second-order valence-electron chi connectivity index (χ2n) is 4.03. The second-order valence-corrected chi connectivity index (χ2v) is 4.03. The Balaban J connectivity index is 2.00. The minimum absolute atomic E-state index is 0.105. The van der Waals surface area contributed by atoms with Gasteiger partial charge in [0.05, 0.1) is 0 Å². The third-order valence-corrected chi connectivity index (χ3v) is 2.74. The van der Waals surface area contributed by atoms with Crippen molar-refractivity contribution in [2.75, 3.05) is 6.54 Å². The van der Waals surface area contributed by atoms with Crippen molar-refractivity contribution >= 4 is 11.8 Å². The molecule has 90 valence electrons. The van der Waals surface area contributed by atoms with Gasteiger partial charge in [0.15, 0.2) is 0 Å². The van der Waals surface area contributed by atoms with E-state index in [1.807, 2.05) is 0 Å². The SMILES string of the molecule is O=C(NC1CCCCNC1=O)c1ccccn1. The predicted molar refractivity (Wildman–Crippen MR) is 62.4 cm³/mol. The highest BCUT2D eigenvalue weighted by molar-refractivity contribution is 5.96. The molecule has 17 heavy (non-hydrogen) atoms. The minimum Gasteiger partial charge on any atom is -0.354 e. The molecule has 1 saturated heterocycles. The summed E-state index contributed by atoms with van der Waals surface area (Å²) in [5, 5.41) is 5.49. The van der Waals surface area contributed by atoms with Crippen molar-refractivity contribution in [3.63, 3.8) is 0 Å². The van der Waals surface area contributed by atoms with Gasteiger partial charge in [-0.15, -0.1) is 0 Å². The monoisotopic (exact) mass is 233 g/mol. The summed E-state index contributed by atoms with van der Waals surface area (Å²) in [6.07, 6.45) is 4.14. The number of nitrogens with zero attached hydrogens (tertiary/aromatic N) is 1. The molecule has 1 unspecified atom stereocenters. The molecule has 2 amide bonds. The molecule has 0 aliphatic carbocycles. The van der Waals surface area contributed by atoms with Crippen LogP contribution in [-0.2, 0) is 4.79 Å². The van der Waals surface area contributed by atoms with Gasteiger partial charge in [-0.2, -0.15) is 0 Å². The third-order valence-electron chi connectivity index (χ3n) is 2.74. The number of carbonyl (C=O) groups is 2. The van der Waals surface area contributed by atoms with E-state index in [2.05, 4.69) is 15.6 Å². The van der Waals surface area contributed by atoms with Crippen molar-refractivity contribution in [2.45, 2.75) is 25.3 Å². The first-order valence-electron chi connectivity index (χ1n) is 5.77. The fraction of sp³-hybridized carbons (Fsp3) is 0.417. The summed E-state index contributed by atoms with van der Waals surface area (Å²) in [6.45, 7) is 0.689. The van der Waals surface area contributed by atoms with Crippen molar-refractivity contribution in [1.29, 1.82) is 0 Å². The lowest BCUT2D eigenvalue weighted by molar-refractivity contribution is -0.122. The Hall–Kier alpha value is -1.91. The molecule has 1 atom stereocenters. The molecule has 1 aliphatic heterocycles. The maximum absolute atomic E-state index is 11.8. The Morgan fingerprint density at radius 3 is 3.06 bits per heavy atom. The van der Waals surface area contributed by atoms with Crippen LogP contribution in [-0.4, -0.2) is 29.4 Å². The molecular weight excluding hydrogens is 218 g/mol. The summed E-state index contributed by atoms with van der Waals surface area (Å²) < 4.78 is 0. The number of hydrogen-bond donors (Lipinski definition) is 2. The molecule has 1 aliphatic rings. The molecule has 5 heteroatoms. The smallest absolute Gasteiger partial charge is 0.270 e. The largest absolute Gasteiger partial charge is 0.354 e. The van der Waals surface area contributed by atoms with Gasteiger partial charge in [-0.05, 0) is 31.4 Å². The molecular formula is C12H15N3O2. The highest BCUT2D eigenvalue weighted by Crippen LogP contribution is 2.06. The van der Waals surface area contributed by atoms with Crippen LogP contribution in [0.25, 0.3) is 0 Å². The van der Waals surface area contributed by atoms with E-state index in [9.17, 15) is 9.59 Å². The molecule has 1 aromatic heterocycles. The molecule has 1 aromatic rings. The molecule has 2 rings (SSSR count). The Morgan fingerprint density at radius 2 is 2.29 bits per heavy atom. The van der Waals surface area contributed by atoms with E-state index >= 15 is 0 Å². The van der Waals surface area contributed by atoms with E-state index in [1.54, 1.807) is 24.4 Å². The molecule has 2 N–H and O–H groups in total. The summed E-state index contributed by atoms with van der Waals surface area (Å²) in [7, 11) is 0. The molecule has 0 aromatic carbocycles. The lowest BCUT2D eigenvalue weighted by Crippen LogP contribution is -2.45.